The lowest BCUT2D eigenvalue weighted by Gasteiger charge is -2.34. The van der Waals surface area contributed by atoms with Crippen molar-refractivity contribution in [3.8, 4) is 0 Å². The Hall–Kier alpha value is -0.930. The van der Waals surface area contributed by atoms with Gasteiger partial charge in [0, 0.05) is 0 Å². The fourth-order valence-corrected chi connectivity index (χ4v) is 2.22. The molecule has 0 N–H and O–H groups in total. The summed E-state index contributed by atoms with van der Waals surface area (Å²) < 4.78 is 0. The number of rotatable bonds is 6. The Bertz CT molecular complexity index is 445. The summed E-state index contributed by atoms with van der Waals surface area (Å²) >= 11 is 0. The van der Waals surface area contributed by atoms with E-state index in [4.69, 9.17) is 0 Å². The molecular weight excluding hydrogens is 314 g/mol. The van der Waals surface area contributed by atoms with Crippen LogP contribution in [0, 0.1) is 6.92 Å². The molecule has 0 radical (unpaired) electrons. The van der Waals surface area contributed by atoms with E-state index in [1.807, 2.05) is 32.1 Å². The molecule has 112 valence electrons. The molecule has 0 amide bonds. The maximum absolute atomic E-state index is 12.3. The summed E-state index contributed by atoms with van der Waals surface area (Å²) in [6.45, 7) is 12.0. The molecule has 0 fully saturated rings. The quantitative estimate of drug-likeness (QED) is 0.721. The lowest BCUT2D eigenvalue weighted by atomic mass is 9.95. The molecule has 0 unspecified atom stereocenters. The van der Waals surface area contributed by atoms with Crippen LogP contribution in [0.1, 0.15) is 38.8 Å². The van der Waals surface area contributed by atoms with Crippen LogP contribution >= 0.6 is 17.0 Å². The van der Waals surface area contributed by atoms with Gasteiger partial charge in [-0.05, 0) is 45.5 Å². The van der Waals surface area contributed by atoms with E-state index < -0.39 is 5.54 Å². The van der Waals surface area contributed by atoms with Crippen LogP contribution in [0.5, 0.6) is 0 Å². The summed E-state index contributed by atoms with van der Waals surface area (Å²) in [5.41, 5.74) is 1.85. The van der Waals surface area contributed by atoms with E-state index in [1.54, 1.807) is 6.08 Å². The Morgan fingerprint density at radius 2 is 1.65 bits per heavy atom. The third-order valence-corrected chi connectivity index (χ3v) is 3.66. The third-order valence-electron chi connectivity index (χ3n) is 3.66. The molecule has 0 spiro atoms. The van der Waals surface area contributed by atoms with Crippen LogP contribution in [0.3, 0.4) is 0 Å². The molecule has 0 aliphatic carbocycles. The molecule has 0 heterocycles. The Kier molecular flexibility index (Phi) is 7.99. The first-order valence-electron chi connectivity index (χ1n) is 6.96. The van der Waals surface area contributed by atoms with Crippen LogP contribution in [0.25, 0.3) is 6.08 Å². The SMILES string of the molecule is Br.CCN(CC)C(C)(C)C(=O)C=Cc1ccc(C)cc1. The first kappa shape index (κ1) is 19.1. The highest BCUT2D eigenvalue weighted by Crippen LogP contribution is 2.16. The number of hydrogen-bond donors (Lipinski definition) is 0. The minimum absolute atomic E-state index is 0. The van der Waals surface area contributed by atoms with Crippen molar-refractivity contribution in [1.82, 2.24) is 4.90 Å². The number of benzene rings is 1. The Labute approximate surface area is 133 Å². The number of aryl methyl sites for hydroxylation is 1. The lowest BCUT2D eigenvalue weighted by molar-refractivity contribution is -0.124. The predicted molar refractivity (Wildman–Crippen MR) is 92.5 cm³/mol. The highest BCUT2D eigenvalue weighted by molar-refractivity contribution is 8.93. The fraction of sp³-hybridized carbons (Fsp3) is 0.471. The minimum Gasteiger partial charge on any atom is -0.293 e. The van der Waals surface area contributed by atoms with Gasteiger partial charge in [-0.2, -0.15) is 0 Å². The molecule has 0 aliphatic heterocycles. The van der Waals surface area contributed by atoms with E-state index in [1.165, 1.54) is 5.56 Å². The largest absolute Gasteiger partial charge is 0.293 e. The van der Waals surface area contributed by atoms with Crippen LogP contribution in [0.4, 0.5) is 0 Å². The van der Waals surface area contributed by atoms with Gasteiger partial charge in [-0.3, -0.25) is 9.69 Å². The molecule has 3 heteroatoms. The third kappa shape index (κ3) is 4.88. The van der Waals surface area contributed by atoms with Gasteiger partial charge in [-0.15, -0.1) is 17.0 Å². The second-order valence-electron chi connectivity index (χ2n) is 5.34. The Morgan fingerprint density at radius 1 is 1.15 bits per heavy atom. The average molecular weight is 340 g/mol. The highest BCUT2D eigenvalue weighted by Gasteiger charge is 2.30. The van der Waals surface area contributed by atoms with Crippen molar-refractivity contribution in [2.45, 2.75) is 40.2 Å². The van der Waals surface area contributed by atoms with Gasteiger partial charge in [0.2, 0.25) is 0 Å². The van der Waals surface area contributed by atoms with E-state index in [9.17, 15) is 4.79 Å². The van der Waals surface area contributed by atoms with Gasteiger partial charge in [0.05, 0.1) is 5.54 Å². The summed E-state index contributed by atoms with van der Waals surface area (Å²) in [7, 11) is 0. The van der Waals surface area contributed by atoms with Gasteiger partial charge >= 0.3 is 0 Å². The first-order chi connectivity index (χ1) is 8.91. The molecule has 0 saturated heterocycles. The van der Waals surface area contributed by atoms with Crippen molar-refractivity contribution in [2.75, 3.05) is 13.1 Å². The second-order valence-corrected chi connectivity index (χ2v) is 5.34. The minimum atomic E-state index is -0.440. The molecular formula is C17H26BrNO. The number of nitrogens with zero attached hydrogens (tertiary/aromatic N) is 1. The summed E-state index contributed by atoms with van der Waals surface area (Å²) in [4.78, 5) is 14.5. The van der Waals surface area contributed by atoms with Crippen LogP contribution in [0.2, 0.25) is 0 Å². The number of hydrogen-bond acceptors (Lipinski definition) is 2. The van der Waals surface area contributed by atoms with Crippen molar-refractivity contribution >= 4 is 28.8 Å². The zero-order valence-corrected chi connectivity index (χ0v) is 14.9. The van der Waals surface area contributed by atoms with Gasteiger partial charge < -0.3 is 0 Å². The van der Waals surface area contributed by atoms with Crippen LogP contribution < -0.4 is 0 Å². The van der Waals surface area contributed by atoms with Crippen molar-refractivity contribution in [2.24, 2.45) is 0 Å². The molecule has 1 aromatic rings. The van der Waals surface area contributed by atoms with Crippen molar-refractivity contribution in [3.05, 3.63) is 41.5 Å². The van der Waals surface area contributed by atoms with Crippen molar-refractivity contribution < 1.29 is 4.79 Å². The highest BCUT2D eigenvalue weighted by atomic mass is 79.9. The van der Waals surface area contributed by atoms with E-state index in [0.29, 0.717) is 0 Å². The molecule has 1 aromatic carbocycles. The smallest absolute Gasteiger partial charge is 0.175 e. The number of carbonyl (C=O) groups excluding carboxylic acids is 1. The number of halogens is 1. The molecule has 0 bridgehead atoms. The van der Waals surface area contributed by atoms with Crippen LogP contribution in [-0.4, -0.2) is 29.3 Å². The normalized spacial score (nSPS) is 11.7. The molecule has 0 atom stereocenters. The van der Waals surface area contributed by atoms with Gasteiger partial charge in [0.15, 0.2) is 5.78 Å². The zero-order valence-electron chi connectivity index (χ0n) is 13.1. The van der Waals surface area contributed by atoms with Gasteiger partial charge in [0.1, 0.15) is 0 Å². The van der Waals surface area contributed by atoms with Gasteiger partial charge in [-0.1, -0.05) is 49.8 Å². The summed E-state index contributed by atoms with van der Waals surface area (Å²) in [5, 5.41) is 0. The predicted octanol–water partition coefficient (Wildman–Crippen LogP) is 4.28. The summed E-state index contributed by atoms with van der Waals surface area (Å²) in [5.74, 6) is 0.150. The number of ketones is 1. The maximum atomic E-state index is 12.3. The van der Waals surface area contributed by atoms with E-state index in [0.717, 1.165) is 18.7 Å². The van der Waals surface area contributed by atoms with Gasteiger partial charge in [-0.25, -0.2) is 0 Å². The van der Waals surface area contributed by atoms with E-state index in [2.05, 4.69) is 37.8 Å². The van der Waals surface area contributed by atoms with E-state index >= 15 is 0 Å². The Balaban J connectivity index is 0.00000361. The summed E-state index contributed by atoms with van der Waals surface area (Å²) in [6, 6.07) is 8.17. The molecule has 0 aromatic heterocycles. The second kappa shape index (κ2) is 8.38. The molecule has 20 heavy (non-hydrogen) atoms. The van der Waals surface area contributed by atoms with Crippen LogP contribution in [-0.2, 0) is 4.79 Å². The molecule has 0 saturated carbocycles. The first-order valence-corrected chi connectivity index (χ1v) is 6.96. The maximum Gasteiger partial charge on any atom is 0.175 e. The molecule has 0 aliphatic rings. The lowest BCUT2D eigenvalue weighted by Crippen LogP contribution is -2.49. The topological polar surface area (TPSA) is 20.3 Å². The molecule has 1 rings (SSSR count). The standard InChI is InChI=1S/C17H25NO.BrH/c1-6-18(7-2)17(4,5)16(19)13-12-15-10-8-14(3)9-11-15;/h8-13H,6-7H2,1-5H3;1H. The number of likely N-dealkylation sites (N-methyl/N-ethyl adjacent to an activating group) is 1. The van der Waals surface area contributed by atoms with Crippen LogP contribution in [0.15, 0.2) is 30.3 Å². The van der Waals surface area contributed by atoms with Crippen molar-refractivity contribution in [1.29, 1.82) is 0 Å². The van der Waals surface area contributed by atoms with Gasteiger partial charge in [0.25, 0.3) is 0 Å². The molecule has 2 nitrogen and oxygen atoms in total. The monoisotopic (exact) mass is 339 g/mol. The zero-order chi connectivity index (χ0) is 14.5. The Morgan fingerprint density at radius 3 is 2.10 bits per heavy atom. The average Bonchev–Trinajstić information content (AvgIpc) is 2.38. The fourth-order valence-electron chi connectivity index (χ4n) is 2.22. The summed E-state index contributed by atoms with van der Waals surface area (Å²) in [6.07, 6.45) is 3.59. The number of carbonyl (C=O) groups is 1. The van der Waals surface area contributed by atoms with Crippen molar-refractivity contribution in [3.63, 3.8) is 0 Å². The van der Waals surface area contributed by atoms with E-state index in [-0.39, 0.29) is 22.8 Å².